The Morgan fingerprint density at radius 3 is 2.88 bits per heavy atom. The zero-order valence-corrected chi connectivity index (χ0v) is 9.73. The summed E-state index contributed by atoms with van der Waals surface area (Å²) in [5.74, 6) is 0. The maximum Gasteiger partial charge on any atom is 0.0670 e. The van der Waals surface area contributed by atoms with Gasteiger partial charge in [-0.25, -0.2) is 0 Å². The molecule has 0 saturated heterocycles. The van der Waals surface area contributed by atoms with Gasteiger partial charge < -0.3 is 15.4 Å². The van der Waals surface area contributed by atoms with Gasteiger partial charge in [0.05, 0.1) is 19.1 Å². The highest BCUT2D eigenvalue weighted by molar-refractivity contribution is 5.58. The van der Waals surface area contributed by atoms with Crippen molar-refractivity contribution in [3.63, 3.8) is 0 Å². The normalized spacial score (nSPS) is 9.81. The van der Waals surface area contributed by atoms with Crippen molar-refractivity contribution in [1.29, 1.82) is 5.26 Å². The Morgan fingerprint density at radius 2 is 2.25 bits per heavy atom. The molecule has 0 amide bonds. The van der Waals surface area contributed by atoms with Gasteiger partial charge in [0.25, 0.3) is 0 Å². The summed E-state index contributed by atoms with van der Waals surface area (Å²) < 4.78 is 5.02. The highest BCUT2D eigenvalue weighted by atomic mass is 16.5. The summed E-state index contributed by atoms with van der Waals surface area (Å²) in [6.45, 7) is 1.49. The Labute approximate surface area is 96.2 Å². The molecule has 86 valence electrons. The number of benzene rings is 1. The number of hydrogen-bond donors (Lipinski definition) is 1. The minimum atomic E-state index is 0.345. The van der Waals surface area contributed by atoms with Crippen LogP contribution in [0.4, 0.5) is 11.4 Å². The quantitative estimate of drug-likeness (QED) is 0.761. The van der Waals surface area contributed by atoms with Gasteiger partial charge in [0.15, 0.2) is 0 Å². The summed E-state index contributed by atoms with van der Waals surface area (Å²) in [5, 5.41) is 8.68. The number of nitrogens with two attached hydrogens (primary N) is 1. The van der Waals surface area contributed by atoms with Crippen LogP contribution in [0.3, 0.4) is 0 Å². The number of nitrogens with zero attached hydrogens (tertiary/aromatic N) is 2. The maximum absolute atomic E-state index is 8.68. The third-order valence-electron chi connectivity index (χ3n) is 2.47. The summed E-state index contributed by atoms with van der Waals surface area (Å²) in [5.41, 5.74) is 8.38. The molecule has 4 nitrogen and oxygen atoms in total. The highest BCUT2D eigenvalue weighted by Crippen LogP contribution is 2.20. The number of rotatable bonds is 5. The first kappa shape index (κ1) is 12.3. The van der Waals surface area contributed by atoms with Crippen LogP contribution in [-0.4, -0.2) is 27.3 Å². The van der Waals surface area contributed by atoms with E-state index in [1.54, 1.807) is 7.11 Å². The molecule has 0 aliphatic carbocycles. The predicted molar refractivity (Wildman–Crippen MR) is 65.3 cm³/mol. The van der Waals surface area contributed by atoms with E-state index in [4.69, 9.17) is 15.7 Å². The Kier molecular flexibility index (Phi) is 4.62. The van der Waals surface area contributed by atoms with E-state index in [1.807, 2.05) is 25.2 Å². The topological polar surface area (TPSA) is 62.3 Å². The number of anilines is 2. The fourth-order valence-corrected chi connectivity index (χ4v) is 1.43. The predicted octanol–water partition coefficient (Wildman–Crippen LogP) is 1.42. The molecule has 0 fully saturated rings. The number of hydrogen-bond acceptors (Lipinski definition) is 4. The Hall–Kier alpha value is -1.73. The van der Waals surface area contributed by atoms with Crippen LogP contribution >= 0.6 is 0 Å². The number of nitrogen functional groups attached to an aromatic ring is 1. The highest BCUT2D eigenvalue weighted by Gasteiger charge is 2.04. The lowest BCUT2D eigenvalue weighted by atomic mass is 10.1. The minimum Gasteiger partial charge on any atom is -0.398 e. The average molecular weight is 219 g/mol. The minimum absolute atomic E-state index is 0.345. The molecule has 16 heavy (non-hydrogen) atoms. The molecule has 0 radical (unpaired) electrons. The summed E-state index contributed by atoms with van der Waals surface area (Å²) >= 11 is 0. The van der Waals surface area contributed by atoms with Crippen LogP contribution in [0.25, 0.3) is 0 Å². The molecule has 0 unspecified atom stereocenters. The van der Waals surface area contributed by atoms with Gasteiger partial charge in [-0.3, -0.25) is 0 Å². The van der Waals surface area contributed by atoms with Crippen molar-refractivity contribution in [3.05, 3.63) is 23.8 Å². The van der Waals surface area contributed by atoms with Crippen molar-refractivity contribution in [3.8, 4) is 6.07 Å². The molecular weight excluding hydrogens is 202 g/mol. The van der Waals surface area contributed by atoms with Crippen LogP contribution in [0.2, 0.25) is 0 Å². The second-order valence-electron chi connectivity index (χ2n) is 3.63. The molecule has 0 aromatic heterocycles. The Balaban J connectivity index is 2.81. The van der Waals surface area contributed by atoms with Crippen molar-refractivity contribution < 1.29 is 4.74 Å². The number of nitriles is 1. The number of likely N-dealkylation sites (N-methyl/N-ethyl adjacent to an activating group) is 1. The van der Waals surface area contributed by atoms with Gasteiger partial charge in [-0.05, 0) is 23.8 Å². The average Bonchev–Trinajstić information content (AvgIpc) is 2.29. The lowest BCUT2D eigenvalue weighted by molar-refractivity contribution is 0.206. The van der Waals surface area contributed by atoms with Gasteiger partial charge in [-0.1, -0.05) is 0 Å². The van der Waals surface area contributed by atoms with Crippen molar-refractivity contribution >= 4 is 11.4 Å². The fourth-order valence-electron chi connectivity index (χ4n) is 1.43. The van der Waals surface area contributed by atoms with Crippen LogP contribution in [0.1, 0.15) is 5.56 Å². The fraction of sp³-hybridized carbons (Fsp3) is 0.417. The van der Waals surface area contributed by atoms with E-state index in [-0.39, 0.29) is 0 Å². The molecule has 0 saturated carbocycles. The van der Waals surface area contributed by atoms with Gasteiger partial charge in [-0.2, -0.15) is 5.26 Å². The van der Waals surface area contributed by atoms with Gasteiger partial charge in [0.2, 0.25) is 0 Å². The van der Waals surface area contributed by atoms with E-state index in [0.29, 0.717) is 18.7 Å². The number of ether oxygens (including phenoxy) is 1. The maximum atomic E-state index is 8.68. The summed E-state index contributed by atoms with van der Waals surface area (Å²) in [6.07, 6.45) is 0.345. The molecule has 0 spiro atoms. The monoisotopic (exact) mass is 219 g/mol. The second kappa shape index (κ2) is 5.99. The molecule has 4 heteroatoms. The van der Waals surface area contributed by atoms with Gasteiger partial charge >= 0.3 is 0 Å². The summed E-state index contributed by atoms with van der Waals surface area (Å²) in [4.78, 5) is 2.07. The molecule has 1 aromatic carbocycles. The summed E-state index contributed by atoms with van der Waals surface area (Å²) in [7, 11) is 3.67. The van der Waals surface area contributed by atoms with E-state index in [1.165, 1.54) is 0 Å². The first-order chi connectivity index (χ1) is 7.69. The van der Waals surface area contributed by atoms with E-state index in [9.17, 15) is 0 Å². The number of methoxy groups -OCH3 is 1. The first-order valence-corrected chi connectivity index (χ1v) is 5.14. The van der Waals surface area contributed by atoms with Crippen LogP contribution in [0, 0.1) is 11.3 Å². The zero-order valence-electron chi connectivity index (χ0n) is 9.73. The van der Waals surface area contributed by atoms with Gasteiger partial charge in [0, 0.05) is 32.1 Å². The van der Waals surface area contributed by atoms with E-state index in [0.717, 1.165) is 17.8 Å². The SMILES string of the molecule is COCCN(C)c1ccc(N)c(CC#N)c1. The second-order valence-corrected chi connectivity index (χ2v) is 3.63. The Bertz CT molecular complexity index is 384. The van der Waals surface area contributed by atoms with E-state index in [2.05, 4.69) is 11.0 Å². The Morgan fingerprint density at radius 1 is 1.50 bits per heavy atom. The lowest BCUT2D eigenvalue weighted by Gasteiger charge is -2.19. The zero-order chi connectivity index (χ0) is 12.0. The molecule has 0 heterocycles. The van der Waals surface area contributed by atoms with Crippen molar-refractivity contribution in [2.75, 3.05) is 37.9 Å². The van der Waals surface area contributed by atoms with Crippen molar-refractivity contribution in [1.82, 2.24) is 0 Å². The first-order valence-electron chi connectivity index (χ1n) is 5.14. The van der Waals surface area contributed by atoms with Gasteiger partial charge in [0.1, 0.15) is 0 Å². The van der Waals surface area contributed by atoms with Crippen LogP contribution in [0.15, 0.2) is 18.2 Å². The van der Waals surface area contributed by atoms with Crippen molar-refractivity contribution in [2.24, 2.45) is 0 Å². The van der Waals surface area contributed by atoms with Crippen LogP contribution in [0.5, 0.6) is 0 Å². The smallest absolute Gasteiger partial charge is 0.0670 e. The van der Waals surface area contributed by atoms with Crippen molar-refractivity contribution in [2.45, 2.75) is 6.42 Å². The lowest BCUT2D eigenvalue weighted by Crippen LogP contribution is -2.22. The molecule has 1 aromatic rings. The van der Waals surface area contributed by atoms with E-state index >= 15 is 0 Å². The molecule has 0 aliphatic rings. The van der Waals surface area contributed by atoms with Crippen LogP contribution in [-0.2, 0) is 11.2 Å². The molecule has 2 N–H and O–H groups in total. The van der Waals surface area contributed by atoms with Gasteiger partial charge in [-0.15, -0.1) is 0 Å². The molecular formula is C12H17N3O. The van der Waals surface area contributed by atoms with Crippen LogP contribution < -0.4 is 10.6 Å². The largest absolute Gasteiger partial charge is 0.398 e. The molecule has 0 bridgehead atoms. The summed E-state index contributed by atoms with van der Waals surface area (Å²) in [6, 6.07) is 7.85. The molecule has 1 rings (SSSR count). The van der Waals surface area contributed by atoms with E-state index < -0.39 is 0 Å². The standard InChI is InChI=1S/C12H17N3O/c1-15(7-8-16-2)11-3-4-12(14)10(9-11)5-6-13/h3-4,9H,5,7-8,14H2,1-2H3. The molecule has 0 aliphatic heterocycles. The third-order valence-corrected chi connectivity index (χ3v) is 2.47. The molecule has 0 atom stereocenters. The third kappa shape index (κ3) is 3.14.